The van der Waals surface area contributed by atoms with Gasteiger partial charge in [0.1, 0.15) is 23.0 Å². The average molecular weight is 455 g/mol. The normalized spacial score (nSPS) is 22.5. The van der Waals surface area contributed by atoms with Crippen molar-refractivity contribution in [2.24, 2.45) is 11.5 Å². The van der Waals surface area contributed by atoms with Crippen LogP contribution in [-0.2, 0) is 19.2 Å². The van der Waals surface area contributed by atoms with Gasteiger partial charge in [0, 0.05) is 55.9 Å². The fourth-order valence-electron chi connectivity index (χ4n) is 3.88. The molecule has 0 radical (unpaired) electrons. The Hall–Kier alpha value is -1.78. The van der Waals surface area contributed by atoms with Crippen LogP contribution in [0.25, 0.3) is 0 Å². The minimum atomic E-state index is -1.73. The van der Waals surface area contributed by atoms with Gasteiger partial charge in [0.05, 0.1) is 12.1 Å². The Bertz CT molecular complexity index is 712. The molecule has 0 aromatic rings. The highest BCUT2D eigenvalue weighted by molar-refractivity contribution is 8.00. The van der Waals surface area contributed by atoms with Crippen LogP contribution in [0.3, 0.4) is 0 Å². The van der Waals surface area contributed by atoms with E-state index in [1.807, 2.05) is 11.8 Å². The number of thioether (sulfide) groups is 1. The number of unbranched alkanes of at least 4 members (excludes halogenated alkanes) is 1. The highest BCUT2D eigenvalue weighted by Crippen LogP contribution is 2.33. The molecule has 2 saturated heterocycles. The maximum atomic E-state index is 12.4. The van der Waals surface area contributed by atoms with Crippen molar-refractivity contribution >= 4 is 40.9 Å². The van der Waals surface area contributed by atoms with Crippen LogP contribution in [0.5, 0.6) is 0 Å². The first kappa shape index (κ1) is 25.5. The second kappa shape index (κ2) is 11.7. The Morgan fingerprint density at radius 2 is 1.61 bits per heavy atom. The topological polar surface area (TPSA) is 161 Å². The third-order valence-corrected chi connectivity index (χ3v) is 7.36. The number of Topliss-reactive ketones (excluding diaryl/α,β-unsaturated/α-hetero) is 4. The monoisotopic (exact) mass is 454 g/mol. The number of amides is 2. The largest absolute Gasteiger partial charge is 0.332 e. The van der Waals surface area contributed by atoms with Crippen LogP contribution in [-0.4, -0.2) is 57.9 Å². The van der Waals surface area contributed by atoms with E-state index in [9.17, 15) is 24.0 Å². The van der Waals surface area contributed by atoms with Gasteiger partial charge >= 0.3 is 6.03 Å². The number of rotatable bonds is 15. The van der Waals surface area contributed by atoms with Crippen molar-refractivity contribution in [3.63, 3.8) is 0 Å². The van der Waals surface area contributed by atoms with Crippen LogP contribution in [0.15, 0.2) is 0 Å². The molecule has 0 saturated carbocycles. The number of urea groups is 1. The molecule has 10 heteroatoms. The maximum Gasteiger partial charge on any atom is 0.315 e. The molecular formula is C21H34N4O5S. The van der Waals surface area contributed by atoms with E-state index in [2.05, 4.69) is 10.6 Å². The predicted octanol–water partition coefficient (Wildman–Crippen LogP) is 0.963. The molecule has 0 bridgehead atoms. The van der Waals surface area contributed by atoms with Crippen molar-refractivity contribution in [3.05, 3.63) is 0 Å². The number of nitrogens with two attached hydrogens (primary N) is 2. The fourth-order valence-corrected chi connectivity index (χ4v) is 5.42. The first-order valence-corrected chi connectivity index (χ1v) is 12.0. The summed E-state index contributed by atoms with van der Waals surface area (Å²) in [7, 11) is 0. The SMILES string of the molecule is CCC(=O)CCC(=O)CCC(=O)CC(N)(N)C(=O)CCCC[C@@H]1SC[C@@H]2NC(=O)N[C@@H]21. The number of nitrogens with one attached hydrogen (secondary N) is 2. The minimum Gasteiger partial charge on any atom is -0.332 e. The van der Waals surface area contributed by atoms with E-state index in [1.54, 1.807) is 6.92 Å². The first-order valence-electron chi connectivity index (χ1n) is 11.0. The highest BCUT2D eigenvalue weighted by atomic mass is 32.2. The van der Waals surface area contributed by atoms with Gasteiger partial charge < -0.3 is 22.1 Å². The number of carbonyl (C=O) groups excluding carboxylic acids is 5. The zero-order valence-electron chi connectivity index (χ0n) is 18.1. The lowest BCUT2D eigenvalue weighted by molar-refractivity contribution is -0.130. The average Bonchev–Trinajstić information content (AvgIpc) is 3.26. The third kappa shape index (κ3) is 8.01. The Morgan fingerprint density at radius 3 is 2.29 bits per heavy atom. The molecule has 0 spiro atoms. The van der Waals surface area contributed by atoms with Crippen molar-refractivity contribution in [3.8, 4) is 0 Å². The second-order valence-corrected chi connectivity index (χ2v) is 9.75. The van der Waals surface area contributed by atoms with Gasteiger partial charge in [-0.15, -0.1) is 0 Å². The zero-order valence-corrected chi connectivity index (χ0v) is 18.9. The van der Waals surface area contributed by atoms with Gasteiger partial charge in [-0.3, -0.25) is 19.2 Å². The smallest absolute Gasteiger partial charge is 0.315 e. The number of hydrogen-bond donors (Lipinski definition) is 4. The van der Waals surface area contributed by atoms with Gasteiger partial charge in [0.2, 0.25) is 0 Å². The summed E-state index contributed by atoms with van der Waals surface area (Å²) < 4.78 is 0. The number of ketones is 4. The van der Waals surface area contributed by atoms with E-state index in [0.29, 0.717) is 18.1 Å². The Labute approximate surface area is 187 Å². The third-order valence-electron chi connectivity index (χ3n) is 5.85. The van der Waals surface area contributed by atoms with Crippen LogP contribution in [0, 0.1) is 0 Å². The van der Waals surface area contributed by atoms with E-state index in [0.717, 1.165) is 18.6 Å². The summed E-state index contributed by atoms with van der Waals surface area (Å²) in [5.74, 6) is 0.0622. The molecule has 2 aliphatic heterocycles. The first-order chi connectivity index (χ1) is 14.6. The van der Waals surface area contributed by atoms with E-state index < -0.39 is 5.66 Å². The molecular weight excluding hydrogens is 420 g/mol. The van der Waals surface area contributed by atoms with Crippen molar-refractivity contribution < 1.29 is 24.0 Å². The molecule has 2 amide bonds. The molecule has 3 atom stereocenters. The van der Waals surface area contributed by atoms with Crippen LogP contribution < -0.4 is 22.1 Å². The summed E-state index contributed by atoms with van der Waals surface area (Å²) in [4.78, 5) is 59.0. The lowest BCUT2D eigenvalue weighted by Crippen LogP contribution is -2.57. The number of hydrogen-bond acceptors (Lipinski definition) is 8. The molecule has 2 rings (SSSR count). The predicted molar refractivity (Wildman–Crippen MR) is 118 cm³/mol. The maximum absolute atomic E-state index is 12.4. The van der Waals surface area contributed by atoms with E-state index in [4.69, 9.17) is 11.5 Å². The number of fused-ring (bicyclic) bond motifs is 1. The van der Waals surface area contributed by atoms with Crippen molar-refractivity contribution in [2.75, 3.05) is 5.75 Å². The van der Waals surface area contributed by atoms with E-state index in [1.165, 1.54) is 0 Å². The molecule has 6 N–H and O–H groups in total. The van der Waals surface area contributed by atoms with Crippen LogP contribution in [0.2, 0.25) is 0 Å². The van der Waals surface area contributed by atoms with Crippen molar-refractivity contribution in [2.45, 2.75) is 94.1 Å². The summed E-state index contributed by atoms with van der Waals surface area (Å²) >= 11 is 1.82. The van der Waals surface area contributed by atoms with E-state index in [-0.39, 0.29) is 79.8 Å². The van der Waals surface area contributed by atoms with Gasteiger partial charge in [-0.1, -0.05) is 13.3 Å². The molecule has 0 unspecified atom stereocenters. The lowest BCUT2D eigenvalue weighted by atomic mass is 9.93. The summed E-state index contributed by atoms with van der Waals surface area (Å²) in [5.41, 5.74) is 10.1. The Morgan fingerprint density at radius 1 is 0.968 bits per heavy atom. The molecule has 9 nitrogen and oxygen atoms in total. The lowest BCUT2D eigenvalue weighted by Gasteiger charge is -2.22. The molecule has 31 heavy (non-hydrogen) atoms. The van der Waals surface area contributed by atoms with Crippen LogP contribution in [0.4, 0.5) is 4.79 Å². The van der Waals surface area contributed by atoms with Gasteiger partial charge in [0.25, 0.3) is 0 Å². The fraction of sp³-hybridized carbons (Fsp3) is 0.762. The molecule has 0 aliphatic carbocycles. The summed E-state index contributed by atoms with van der Waals surface area (Å²) in [6, 6.07) is 0.193. The van der Waals surface area contributed by atoms with Crippen molar-refractivity contribution in [1.29, 1.82) is 0 Å². The molecule has 0 aromatic carbocycles. The quantitative estimate of drug-likeness (QED) is 0.162. The van der Waals surface area contributed by atoms with Gasteiger partial charge in [-0.2, -0.15) is 11.8 Å². The van der Waals surface area contributed by atoms with Gasteiger partial charge in [-0.25, -0.2) is 4.79 Å². The minimum absolute atomic E-state index is 0.0178. The highest BCUT2D eigenvalue weighted by Gasteiger charge is 2.42. The standard InChI is InChI=1S/C21H34N4O5S/c1-2-13(26)7-8-14(27)9-10-15(28)11-21(22,23)18(29)6-4-3-5-17-19-16(12-31-17)24-20(30)25-19/h16-17,19H,2-12,22-23H2,1H3,(H2,24,25,30)/t16-,17-,19-/m0/s1. The summed E-state index contributed by atoms with van der Waals surface area (Å²) in [6.07, 6.45) is 2.92. The van der Waals surface area contributed by atoms with Crippen LogP contribution >= 0.6 is 11.8 Å². The molecule has 2 aliphatic rings. The molecule has 0 aromatic heterocycles. The Kier molecular flexibility index (Phi) is 9.64. The molecule has 2 fully saturated rings. The molecule has 2 heterocycles. The second-order valence-electron chi connectivity index (χ2n) is 8.48. The van der Waals surface area contributed by atoms with Crippen molar-refractivity contribution in [1.82, 2.24) is 10.6 Å². The molecule has 174 valence electrons. The van der Waals surface area contributed by atoms with E-state index >= 15 is 0 Å². The Balaban J connectivity index is 1.62. The zero-order chi connectivity index (χ0) is 23.0. The van der Waals surface area contributed by atoms with Gasteiger partial charge in [-0.05, 0) is 12.8 Å². The summed E-state index contributed by atoms with van der Waals surface area (Å²) in [5, 5.41) is 6.17. The summed E-state index contributed by atoms with van der Waals surface area (Å²) in [6.45, 7) is 1.74. The number of carbonyl (C=O) groups is 5. The van der Waals surface area contributed by atoms with Crippen LogP contribution in [0.1, 0.15) is 71.1 Å². The van der Waals surface area contributed by atoms with Gasteiger partial charge in [0.15, 0.2) is 5.78 Å².